The average Bonchev–Trinajstić information content (AvgIpc) is 3.38. The zero-order valence-corrected chi connectivity index (χ0v) is 16.7. The summed E-state index contributed by atoms with van der Waals surface area (Å²) in [5.41, 5.74) is 2.10. The molecule has 1 amide bonds. The predicted octanol–water partition coefficient (Wildman–Crippen LogP) is 3.68. The monoisotopic (exact) mass is 431 g/mol. The first kappa shape index (κ1) is 20.4. The van der Waals surface area contributed by atoms with Gasteiger partial charge < -0.3 is 15.2 Å². The Bertz CT molecular complexity index is 1030. The van der Waals surface area contributed by atoms with Gasteiger partial charge in [0.15, 0.2) is 0 Å². The molecule has 3 heterocycles. The number of alkyl halides is 2. The van der Waals surface area contributed by atoms with Crippen LogP contribution in [0.15, 0.2) is 48.9 Å². The zero-order chi connectivity index (χ0) is 21.1. The number of carbonyl (C=O) groups is 1. The van der Waals surface area contributed by atoms with Crippen molar-refractivity contribution < 1.29 is 13.6 Å². The summed E-state index contributed by atoms with van der Waals surface area (Å²) < 4.78 is 28.1. The van der Waals surface area contributed by atoms with Crippen LogP contribution in [0.2, 0.25) is 5.02 Å². The van der Waals surface area contributed by atoms with E-state index in [1.807, 2.05) is 0 Å². The maximum atomic E-state index is 13.2. The Morgan fingerprint density at radius 3 is 2.73 bits per heavy atom. The number of benzene rings is 1. The van der Waals surface area contributed by atoms with E-state index in [0.717, 1.165) is 25.1 Å². The first-order valence-corrected chi connectivity index (χ1v) is 9.94. The van der Waals surface area contributed by atoms with Crippen LogP contribution in [0.1, 0.15) is 18.5 Å². The SMILES string of the molecule is O=C(Cn1cnc(-c2ccc(Cl)cc2)c1-c1ccnc(C(F)F)c1)N[C@@H]1CCNC1. The molecule has 1 aliphatic rings. The third-order valence-electron chi connectivity index (χ3n) is 4.97. The number of rotatable bonds is 6. The summed E-state index contributed by atoms with van der Waals surface area (Å²) in [5.74, 6) is -0.159. The molecule has 2 aromatic heterocycles. The number of imidazole rings is 1. The third kappa shape index (κ3) is 4.49. The molecule has 1 saturated heterocycles. The number of halogens is 3. The molecule has 9 heteroatoms. The average molecular weight is 432 g/mol. The number of carbonyl (C=O) groups excluding carboxylic acids is 1. The van der Waals surface area contributed by atoms with Crippen LogP contribution < -0.4 is 10.6 Å². The van der Waals surface area contributed by atoms with Crippen molar-refractivity contribution in [1.82, 2.24) is 25.2 Å². The van der Waals surface area contributed by atoms with Gasteiger partial charge >= 0.3 is 0 Å². The Labute approximate surface area is 177 Å². The maximum absolute atomic E-state index is 13.2. The summed E-state index contributed by atoms with van der Waals surface area (Å²) in [6.45, 7) is 1.63. The number of aromatic nitrogens is 3. The van der Waals surface area contributed by atoms with Crippen molar-refractivity contribution >= 4 is 17.5 Å². The fourth-order valence-electron chi connectivity index (χ4n) is 3.54. The zero-order valence-electron chi connectivity index (χ0n) is 16.0. The van der Waals surface area contributed by atoms with E-state index in [4.69, 9.17) is 11.6 Å². The van der Waals surface area contributed by atoms with E-state index in [1.54, 1.807) is 41.2 Å². The van der Waals surface area contributed by atoms with Gasteiger partial charge in [-0.05, 0) is 37.2 Å². The minimum absolute atomic E-state index is 0.0265. The summed E-state index contributed by atoms with van der Waals surface area (Å²) in [7, 11) is 0. The lowest BCUT2D eigenvalue weighted by atomic mass is 10.0. The predicted molar refractivity (Wildman–Crippen MR) is 110 cm³/mol. The quantitative estimate of drug-likeness (QED) is 0.624. The Morgan fingerprint density at radius 1 is 1.23 bits per heavy atom. The van der Waals surface area contributed by atoms with Crippen molar-refractivity contribution in [2.24, 2.45) is 0 Å². The lowest BCUT2D eigenvalue weighted by Crippen LogP contribution is -2.38. The highest BCUT2D eigenvalue weighted by Crippen LogP contribution is 2.33. The summed E-state index contributed by atoms with van der Waals surface area (Å²) >= 11 is 5.99. The van der Waals surface area contributed by atoms with Crippen molar-refractivity contribution in [2.45, 2.75) is 25.4 Å². The Morgan fingerprint density at radius 2 is 2.03 bits per heavy atom. The van der Waals surface area contributed by atoms with Gasteiger partial charge in [0, 0.05) is 34.9 Å². The highest BCUT2D eigenvalue weighted by atomic mass is 35.5. The summed E-state index contributed by atoms with van der Waals surface area (Å²) in [6, 6.07) is 10.1. The molecule has 1 aliphatic heterocycles. The van der Waals surface area contributed by atoms with Gasteiger partial charge in [0.2, 0.25) is 5.91 Å². The largest absolute Gasteiger partial charge is 0.350 e. The molecule has 30 heavy (non-hydrogen) atoms. The van der Waals surface area contributed by atoms with Crippen LogP contribution in [0.5, 0.6) is 0 Å². The summed E-state index contributed by atoms with van der Waals surface area (Å²) in [4.78, 5) is 20.8. The fourth-order valence-corrected chi connectivity index (χ4v) is 3.67. The number of hydrogen-bond donors (Lipinski definition) is 2. The number of amides is 1. The van der Waals surface area contributed by atoms with E-state index in [-0.39, 0.29) is 24.2 Å². The minimum atomic E-state index is -2.70. The maximum Gasteiger partial charge on any atom is 0.280 e. The van der Waals surface area contributed by atoms with Gasteiger partial charge in [-0.25, -0.2) is 13.8 Å². The molecule has 4 rings (SSSR count). The van der Waals surface area contributed by atoms with Crippen molar-refractivity contribution in [3.8, 4) is 22.5 Å². The van der Waals surface area contributed by atoms with Gasteiger partial charge in [0.25, 0.3) is 6.43 Å². The number of nitrogens with zero attached hydrogens (tertiary/aromatic N) is 3. The number of hydrogen-bond acceptors (Lipinski definition) is 4. The third-order valence-corrected chi connectivity index (χ3v) is 5.22. The van der Waals surface area contributed by atoms with Crippen LogP contribution in [0, 0.1) is 0 Å². The second-order valence-corrected chi connectivity index (χ2v) is 7.54. The van der Waals surface area contributed by atoms with Crippen LogP contribution in [0.3, 0.4) is 0 Å². The molecule has 6 nitrogen and oxygen atoms in total. The van der Waals surface area contributed by atoms with Gasteiger partial charge in [-0.15, -0.1) is 0 Å². The molecular formula is C21H20ClF2N5O. The lowest BCUT2D eigenvalue weighted by Gasteiger charge is -2.14. The molecule has 2 N–H and O–H groups in total. The molecule has 0 unspecified atom stereocenters. The molecule has 0 spiro atoms. The topological polar surface area (TPSA) is 71.8 Å². The smallest absolute Gasteiger partial charge is 0.280 e. The molecule has 0 aliphatic carbocycles. The van der Waals surface area contributed by atoms with Crippen molar-refractivity contribution in [2.75, 3.05) is 13.1 Å². The van der Waals surface area contributed by atoms with Crippen molar-refractivity contribution in [3.05, 3.63) is 59.6 Å². The van der Waals surface area contributed by atoms with Gasteiger partial charge in [-0.3, -0.25) is 9.78 Å². The highest BCUT2D eigenvalue weighted by Gasteiger charge is 2.21. The Hall–Kier alpha value is -2.84. The summed E-state index contributed by atoms with van der Waals surface area (Å²) in [6.07, 6.45) is 1.07. The van der Waals surface area contributed by atoms with E-state index in [9.17, 15) is 13.6 Å². The van der Waals surface area contributed by atoms with E-state index < -0.39 is 6.43 Å². The first-order chi connectivity index (χ1) is 14.5. The van der Waals surface area contributed by atoms with Gasteiger partial charge in [0.1, 0.15) is 12.2 Å². The fraction of sp³-hybridized carbons (Fsp3) is 0.286. The van der Waals surface area contributed by atoms with Gasteiger partial charge in [-0.2, -0.15) is 0 Å². The van der Waals surface area contributed by atoms with Crippen molar-refractivity contribution in [1.29, 1.82) is 0 Å². The van der Waals surface area contributed by atoms with Crippen LogP contribution >= 0.6 is 11.6 Å². The van der Waals surface area contributed by atoms with Crippen LogP contribution in [-0.2, 0) is 11.3 Å². The van der Waals surface area contributed by atoms with Gasteiger partial charge in [-0.1, -0.05) is 23.7 Å². The highest BCUT2D eigenvalue weighted by molar-refractivity contribution is 6.30. The molecule has 1 fully saturated rings. The molecule has 0 radical (unpaired) electrons. The molecule has 0 bridgehead atoms. The van der Waals surface area contributed by atoms with Crippen molar-refractivity contribution in [3.63, 3.8) is 0 Å². The Balaban J connectivity index is 1.71. The van der Waals surface area contributed by atoms with E-state index in [2.05, 4.69) is 20.6 Å². The number of pyridine rings is 1. The number of nitrogens with one attached hydrogen (secondary N) is 2. The normalized spacial score (nSPS) is 16.2. The van der Waals surface area contributed by atoms with E-state index in [0.29, 0.717) is 22.0 Å². The molecule has 0 saturated carbocycles. The first-order valence-electron chi connectivity index (χ1n) is 9.57. The molecule has 1 atom stereocenters. The van der Waals surface area contributed by atoms with Crippen LogP contribution in [0.4, 0.5) is 8.78 Å². The second kappa shape index (κ2) is 8.89. The standard InChI is InChI=1S/C21H20ClF2N5O/c22-15-3-1-13(2-4-15)19-20(14-5-8-26-17(9-14)21(23)24)29(12-27-19)11-18(30)28-16-6-7-25-10-16/h1-5,8-9,12,16,21,25H,6-7,10-11H2,(H,28,30)/t16-/m1/s1. The summed E-state index contributed by atoms with van der Waals surface area (Å²) in [5, 5.41) is 6.77. The van der Waals surface area contributed by atoms with E-state index in [1.165, 1.54) is 12.3 Å². The minimum Gasteiger partial charge on any atom is -0.350 e. The van der Waals surface area contributed by atoms with E-state index >= 15 is 0 Å². The molecule has 156 valence electrons. The lowest BCUT2D eigenvalue weighted by molar-refractivity contribution is -0.122. The van der Waals surface area contributed by atoms with Gasteiger partial charge in [0.05, 0.1) is 17.7 Å². The molecule has 3 aromatic rings. The van der Waals surface area contributed by atoms with Crippen LogP contribution in [-0.4, -0.2) is 39.6 Å². The molecule has 1 aromatic carbocycles. The van der Waals surface area contributed by atoms with Crippen LogP contribution in [0.25, 0.3) is 22.5 Å². The Kier molecular flexibility index (Phi) is 6.06. The second-order valence-electron chi connectivity index (χ2n) is 7.10. The molecular weight excluding hydrogens is 412 g/mol.